The highest BCUT2D eigenvalue weighted by Gasteiger charge is 2.36. The van der Waals surface area contributed by atoms with Gasteiger partial charge in [-0.1, -0.05) is 96.1 Å². The first-order valence-corrected chi connectivity index (χ1v) is 26.5. The number of hydrogen-bond donors (Lipinski definition) is 13. The van der Waals surface area contributed by atoms with Crippen LogP contribution in [0.15, 0.2) is 85.1 Å². The number of para-hydroxylation sites is 1. The number of fused-ring (bicyclic) bond motifs is 1. The number of carbonyl (C=O) groups is 9. The Morgan fingerprint density at radius 3 is 2.01 bits per heavy atom. The van der Waals surface area contributed by atoms with Gasteiger partial charge in [-0.3, -0.25) is 43.2 Å². The molecule has 0 unspecified atom stereocenters. The molecule has 22 nitrogen and oxygen atoms in total. The summed E-state index contributed by atoms with van der Waals surface area (Å²) in [7, 11) is 1.94. The normalized spacial score (nSPS) is 21.4. The fraction of sp³-hybridized carbons (Fsp3) is 0.420. The molecule has 1 aliphatic heterocycles. The summed E-state index contributed by atoms with van der Waals surface area (Å²) < 4.78 is 0. The minimum absolute atomic E-state index is 0.0492. The minimum Gasteiger partial charge on any atom is -0.508 e. The Balaban J connectivity index is 1.58. The monoisotopic (exact) mass is 1060 g/mol. The molecule has 2 heterocycles. The van der Waals surface area contributed by atoms with Gasteiger partial charge in [0.25, 0.3) is 0 Å². The first-order chi connectivity index (χ1) is 35.3. The quantitative estimate of drug-likeness (QED) is 0.0452. The fourth-order valence-corrected chi connectivity index (χ4v) is 10.3. The molecule has 398 valence electrons. The van der Waals surface area contributed by atoms with E-state index in [0.29, 0.717) is 24.0 Å². The number of aromatic hydroxyl groups is 1. The third-order valence-electron chi connectivity index (χ3n) is 12.1. The Morgan fingerprint density at radius 1 is 0.730 bits per heavy atom. The van der Waals surface area contributed by atoms with Gasteiger partial charge in [0, 0.05) is 41.4 Å². The number of H-pyrrole nitrogens is 1. The number of aromatic amines is 1. The molecule has 74 heavy (non-hydrogen) atoms. The number of nitrogens with two attached hydrogens (primary N) is 3. The summed E-state index contributed by atoms with van der Waals surface area (Å²) in [6.45, 7) is 3.53. The molecule has 16 N–H and O–H groups in total. The second kappa shape index (κ2) is 28.3. The zero-order chi connectivity index (χ0) is 53.9. The van der Waals surface area contributed by atoms with Gasteiger partial charge in [0.05, 0.1) is 12.5 Å². The predicted octanol–water partition coefficient (Wildman–Crippen LogP) is -0.238. The van der Waals surface area contributed by atoms with E-state index in [-0.39, 0.29) is 49.5 Å². The number of nitrogens with one attached hydrogen (secondary N) is 8. The summed E-state index contributed by atoms with van der Waals surface area (Å²) >= 11 is 0. The number of aromatic nitrogens is 1. The zero-order valence-electron chi connectivity index (χ0n) is 41.0. The largest absolute Gasteiger partial charge is 0.508 e. The van der Waals surface area contributed by atoms with Crippen molar-refractivity contribution in [2.75, 3.05) is 18.1 Å². The molecular weight excluding hydrogens is 995 g/mol. The topological polar surface area (TPSA) is 372 Å². The molecule has 1 fully saturated rings. The van der Waals surface area contributed by atoms with Gasteiger partial charge in [-0.2, -0.15) is 0 Å². The molecule has 1 saturated heterocycles. The van der Waals surface area contributed by atoms with Crippen LogP contribution in [-0.2, 0) is 62.4 Å². The van der Waals surface area contributed by atoms with Gasteiger partial charge in [-0.05, 0) is 73.0 Å². The highest BCUT2D eigenvalue weighted by molar-refractivity contribution is 8.76. The number of benzene rings is 3. The summed E-state index contributed by atoms with van der Waals surface area (Å²) in [4.78, 5) is 127. The SMILES string of the molecule is CC(C)[C@H]1NC(=O)[C@H](CCCCN)NC(=O)[C@@H](Cc2c[nH]c3ccccc23)NC(=O)[C@H](Cc2ccc(O)cc2)NC(=O)[C@@H](NC(=O)[C@@H](N)Cc2ccccc2)CSSC[C@H](C(=O)N[C@@H](CC(=O)O)C(N)=O)NC1=O. The van der Waals surface area contributed by atoms with Crippen molar-refractivity contribution in [1.82, 2.24) is 42.2 Å². The number of unbranched alkanes of at least 4 members (excludes halogenated alkanes) is 1. The van der Waals surface area contributed by atoms with Crippen LogP contribution in [0.4, 0.5) is 0 Å². The lowest BCUT2D eigenvalue weighted by atomic mass is 10.00. The minimum atomic E-state index is -1.68. The van der Waals surface area contributed by atoms with Crippen LogP contribution in [0.25, 0.3) is 10.9 Å². The van der Waals surface area contributed by atoms with Gasteiger partial charge in [0.15, 0.2) is 0 Å². The lowest BCUT2D eigenvalue weighted by Gasteiger charge is -2.29. The van der Waals surface area contributed by atoms with Crippen LogP contribution in [0.5, 0.6) is 5.75 Å². The standard InChI is InChI=1S/C50H65N11O11S2/c1-27(2)42-50(72)60-40(48(70)56-36(43(53)65)23-41(63)64)26-74-73-25-39(59-44(66)33(52)20-28-10-4-3-5-11-28)49(71)57-37(21-29-15-17-31(62)18-16-29)46(68)58-38(22-30-24-54-34-13-7-6-12-32(30)34)47(69)55-35(45(67)61-42)14-8-9-19-51/h3-7,10-13,15-18,24,27,33,35-40,42,54,62H,8-9,14,19-23,25-26,51-52H2,1-2H3,(H2,53,65)(H,55,69)(H,56,70)(H,57,71)(H,58,68)(H,59,66)(H,60,72)(H,61,67)(H,63,64)/t33-,35-,36-,37-,38+,39-,40+,42+/m0/s1. The lowest BCUT2D eigenvalue weighted by molar-refractivity contribution is -0.140. The summed E-state index contributed by atoms with van der Waals surface area (Å²) in [5.74, 6) is -9.59. The van der Waals surface area contributed by atoms with E-state index in [1.807, 2.05) is 18.2 Å². The van der Waals surface area contributed by atoms with Crippen molar-refractivity contribution >= 4 is 85.7 Å². The third kappa shape index (κ3) is 17.5. The van der Waals surface area contributed by atoms with E-state index in [1.165, 1.54) is 12.1 Å². The number of carboxylic acid groups (broad SMARTS) is 1. The molecule has 1 aromatic heterocycles. The van der Waals surface area contributed by atoms with Crippen LogP contribution in [0.3, 0.4) is 0 Å². The van der Waals surface area contributed by atoms with E-state index >= 15 is 0 Å². The van der Waals surface area contributed by atoms with Crippen LogP contribution < -0.4 is 54.4 Å². The van der Waals surface area contributed by atoms with Crippen molar-refractivity contribution in [3.8, 4) is 5.75 Å². The second-order valence-electron chi connectivity index (χ2n) is 18.2. The molecule has 0 saturated carbocycles. The average molecular weight is 1060 g/mol. The van der Waals surface area contributed by atoms with Gasteiger partial charge < -0.3 is 69.6 Å². The Hall–Kier alpha value is -7.15. The smallest absolute Gasteiger partial charge is 0.305 e. The van der Waals surface area contributed by atoms with Crippen molar-refractivity contribution in [3.05, 3.63) is 102 Å². The van der Waals surface area contributed by atoms with Crippen molar-refractivity contribution in [3.63, 3.8) is 0 Å². The van der Waals surface area contributed by atoms with Crippen molar-refractivity contribution in [2.45, 2.75) is 107 Å². The van der Waals surface area contributed by atoms with Gasteiger partial charge in [-0.15, -0.1) is 0 Å². The van der Waals surface area contributed by atoms with Gasteiger partial charge in [-0.25, -0.2) is 0 Å². The van der Waals surface area contributed by atoms with Crippen molar-refractivity contribution in [2.24, 2.45) is 23.1 Å². The average Bonchev–Trinajstić information content (AvgIpc) is 3.77. The maximum Gasteiger partial charge on any atom is 0.305 e. The van der Waals surface area contributed by atoms with Gasteiger partial charge in [0.2, 0.25) is 47.3 Å². The van der Waals surface area contributed by atoms with Crippen molar-refractivity contribution in [1.29, 1.82) is 0 Å². The molecule has 0 radical (unpaired) electrons. The van der Waals surface area contributed by atoms with Crippen molar-refractivity contribution < 1.29 is 53.4 Å². The number of carbonyl (C=O) groups excluding carboxylic acids is 8. The van der Waals surface area contributed by atoms with E-state index in [0.717, 1.165) is 38.1 Å². The van der Waals surface area contributed by atoms with Gasteiger partial charge >= 0.3 is 5.97 Å². The first-order valence-electron chi connectivity index (χ1n) is 24.0. The van der Waals surface area contributed by atoms with Crippen LogP contribution >= 0.6 is 21.6 Å². The predicted molar refractivity (Wildman–Crippen MR) is 280 cm³/mol. The molecule has 3 aromatic carbocycles. The van der Waals surface area contributed by atoms with E-state index in [1.54, 1.807) is 68.6 Å². The first kappa shape index (κ1) is 57.7. The Labute approximate surface area is 435 Å². The summed E-state index contributed by atoms with van der Waals surface area (Å²) in [6.07, 6.45) is 1.52. The number of carboxylic acids is 1. The molecule has 8 amide bonds. The summed E-state index contributed by atoms with van der Waals surface area (Å²) in [5.41, 5.74) is 20.2. The maximum absolute atomic E-state index is 14.8. The molecule has 24 heteroatoms. The number of phenols is 1. The molecular formula is C50H65N11O11S2. The van der Waals surface area contributed by atoms with E-state index < -0.39 is 114 Å². The Morgan fingerprint density at radius 2 is 1.35 bits per heavy atom. The molecule has 5 rings (SSSR count). The van der Waals surface area contributed by atoms with Crippen LogP contribution in [0, 0.1) is 5.92 Å². The number of phenolic OH excluding ortho intramolecular Hbond substituents is 1. The van der Waals surface area contributed by atoms with Crippen LogP contribution in [0.2, 0.25) is 0 Å². The maximum atomic E-state index is 14.8. The highest BCUT2D eigenvalue weighted by atomic mass is 33.1. The number of rotatable bonds is 18. The zero-order valence-corrected chi connectivity index (χ0v) is 42.6. The van der Waals surface area contributed by atoms with E-state index in [4.69, 9.17) is 17.2 Å². The van der Waals surface area contributed by atoms with E-state index in [2.05, 4.69) is 42.2 Å². The Bertz CT molecular complexity index is 2600. The van der Waals surface area contributed by atoms with E-state index in [9.17, 15) is 53.4 Å². The summed E-state index contributed by atoms with van der Waals surface area (Å²) in [6, 6.07) is 10.9. The molecule has 1 aliphatic rings. The number of amides is 8. The molecule has 8 atom stereocenters. The molecule has 4 aromatic rings. The van der Waals surface area contributed by atoms with Crippen LogP contribution in [0.1, 0.15) is 56.2 Å². The number of aliphatic carboxylic acids is 1. The Kier molecular flexibility index (Phi) is 22.1. The molecule has 0 bridgehead atoms. The summed E-state index contributed by atoms with van der Waals surface area (Å²) in [5, 5.41) is 38.9. The highest BCUT2D eigenvalue weighted by Crippen LogP contribution is 2.25. The van der Waals surface area contributed by atoms with Crippen LogP contribution in [-0.4, -0.2) is 135 Å². The second-order valence-corrected chi connectivity index (χ2v) is 20.7. The number of primary amides is 1. The lowest BCUT2D eigenvalue weighted by Crippen LogP contribution is -2.61. The molecule has 0 spiro atoms. The fourth-order valence-electron chi connectivity index (χ4n) is 7.94. The molecule has 0 aliphatic carbocycles. The third-order valence-corrected chi connectivity index (χ3v) is 14.5. The number of hydrogen-bond acceptors (Lipinski definition) is 14. The van der Waals surface area contributed by atoms with Gasteiger partial charge in [0.1, 0.15) is 48.0 Å².